The number of rotatable bonds is 6. The summed E-state index contributed by atoms with van der Waals surface area (Å²) in [6.45, 7) is 0. The summed E-state index contributed by atoms with van der Waals surface area (Å²) >= 11 is 0. The van der Waals surface area contributed by atoms with Gasteiger partial charge in [-0.2, -0.15) is 4.98 Å². The number of aromatic nitrogens is 3. The second-order valence-corrected chi connectivity index (χ2v) is 4.96. The van der Waals surface area contributed by atoms with Crippen LogP contribution in [-0.2, 0) is 4.79 Å². The van der Waals surface area contributed by atoms with Crippen molar-refractivity contribution in [1.82, 2.24) is 20.6 Å². The Hall–Kier alpha value is -4.08. The minimum Gasteiger partial charge on any atom is -0.313 e. The Bertz CT molecular complexity index is 937. The molecule has 26 heavy (non-hydrogen) atoms. The number of amides is 1. The SMILES string of the molecule is O=C(/C=C/c1ccc([N+](=O)[O-])cc1)NNc1nc(-c2ccncc2)no1. The van der Waals surface area contributed by atoms with Crippen LogP contribution in [0.15, 0.2) is 59.4 Å². The van der Waals surface area contributed by atoms with Crippen LogP contribution in [0.1, 0.15) is 5.56 Å². The van der Waals surface area contributed by atoms with Gasteiger partial charge in [-0.1, -0.05) is 5.16 Å². The van der Waals surface area contributed by atoms with Crippen molar-refractivity contribution in [3.05, 3.63) is 70.5 Å². The van der Waals surface area contributed by atoms with Gasteiger partial charge in [0.25, 0.3) is 11.6 Å². The van der Waals surface area contributed by atoms with E-state index in [2.05, 4.69) is 26.0 Å². The van der Waals surface area contributed by atoms with Crippen molar-refractivity contribution in [2.45, 2.75) is 0 Å². The van der Waals surface area contributed by atoms with Crippen molar-refractivity contribution in [2.75, 3.05) is 5.43 Å². The lowest BCUT2D eigenvalue weighted by Crippen LogP contribution is -2.27. The minimum absolute atomic E-state index is 0.0188. The van der Waals surface area contributed by atoms with Gasteiger partial charge < -0.3 is 4.52 Å². The number of carbonyl (C=O) groups is 1. The van der Waals surface area contributed by atoms with E-state index in [0.29, 0.717) is 11.4 Å². The zero-order valence-corrected chi connectivity index (χ0v) is 13.2. The largest absolute Gasteiger partial charge is 0.340 e. The second kappa shape index (κ2) is 7.66. The van der Waals surface area contributed by atoms with E-state index in [1.165, 1.54) is 36.4 Å². The van der Waals surface area contributed by atoms with Gasteiger partial charge in [-0.25, -0.2) is 5.43 Å². The lowest BCUT2D eigenvalue weighted by Gasteiger charge is -2.00. The predicted octanol–water partition coefficient (Wildman–Crippen LogP) is 2.20. The minimum atomic E-state index is -0.491. The average molecular weight is 352 g/mol. The number of hydrogen-bond donors (Lipinski definition) is 2. The zero-order valence-electron chi connectivity index (χ0n) is 13.2. The van der Waals surface area contributed by atoms with Crippen LogP contribution >= 0.6 is 0 Å². The average Bonchev–Trinajstić information content (AvgIpc) is 3.15. The van der Waals surface area contributed by atoms with Crippen LogP contribution in [-0.4, -0.2) is 26.0 Å². The highest BCUT2D eigenvalue weighted by Crippen LogP contribution is 2.15. The summed E-state index contributed by atoms with van der Waals surface area (Å²) in [7, 11) is 0. The fourth-order valence-corrected chi connectivity index (χ4v) is 1.93. The number of pyridine rings is 1. The number of nitrogens with zero attached hydrogens (tertiary/aromatic N) is 4. The van der Waals surface area contributed by atoms with E-state index in [4.69, 9.17) is 4.52 Å². The Labute approximate surface area is 146 Å². The quantitative estimate of drug-likeness (QED) is 0.391. The normalized spacial score (nSPS) is 10.6. The van der Waals surface area contributed by atoms with Crippen LogP contribution < -0.4 is 10.9 Å². The highest BCUT2D eigenvalue weighted by atomic mass is 16.6. The molecular weight excluding hydrogens is 340 g/mol. The molecule has 3 aromatic rings. The van der Waals surface area contributed by atoms with E-state index >= 15 is 0 Å². The number of benzene rings is 1. The fourth-order valence-electron chi connectivity index (χ4n) is 1.93. The molecule has 0 aliphatic carbocycles. The number of hydrogen-bond acceptors (Lipinski definition) is 8. The first-order valence-electron chi connectivity index (χ1n) is 7.34. The Morgan fingerprint density at radius 1 is 1.15 bits per heavy atom. The first-order valence-corrected chi connectivity index (χ1v) is 7.34. The molecule has 0 atom stereocenters. The Kier molecular flexibility index (Phi) is 4.94. The molecular formula is C16H12N6O4. The molecule has 3 rings (SSSR count). The number of nitro groups is 1. The Morgan fingerprint density at radius 2 is 1.88 bits per heavy atom. The van der Waals surface area contributed by atoms with E-state index in [1.54, 1.807) is 24.5 Å². The van der Waals surface area contributed by atoms with Gasteiger partial charge in [0.2, 0.25) is 5.82 Å². The van der Waals surface area contributed by atoms with Gasteiger partial charge in [0.05, 0.1) is 4.92 Å². The number of anilines is 1. The highest BCUT2D eigenvalue weighted by molar-refractivity contribution is 5.92. The van der Waals surface area contributed by atoms with Crippen molar-refractivity contribution in [1.29, 1.82) is 0 Å². The smallest absolute Gasteiger partial charge is 0.313 e. The second-order valence-electron chi connectivity index (χ2n) is 4.96. The third-order valence-electron chi connectivity index (χ3n) is 3.19. The molecule has 2 heterocycles. The molecule has 1 aromatic carbocycles. The molecule has 0 saturated carbocycles. The van der Waals surface area contributed by atoms with Crippen molar-refractivity contribution in [3.63, 3.8) is 0 Å². The molecule has 0 aliphatic heterocycles. The lowest BCUT2D eigenvalue weighted by atomic mass is 10.2. The Morgan fingerprint density at radius 3 is 2.58 bits per heavy atom. The summed E-state index contributed by atoms with van der Waals surface area (Å²) in [5, 5.41) is 14.4. The Balaban J connectivity index is 1.54. The fraction of sp³-hybridized carbons (Fsp3) is 0. The monoisotopic (exact) mass is 352 g/mol. The van der Waals surface area contributed by atoms with Crippen LogP contribution in [0.2, 0.25) is 0 Å². The molecule has 10 nitrogen and oxygen atoms in total. The third-order valence-corrected chi connectivity index (χ3v) is 3.19. The summed E-state index contributed by atoms with van der Waals surface area (Å²) in [6, 6.07) is 9.25. The van der Waals surface area contributed by atoms with E-state index < -0.39 is 10.8 Å². The van der Waals surface area contributed by atoms with Crippen molar-refractivity contribution >= 4 is 23.7 Å². The molecule has 2 N–H and O–H groups in total. The molecule has 0 fully saturated rings. The van der Waals surface area contributed by atoms with Crippen LogP contribution in [0, 0.1) is 10.1 Å². The van der Waals surface area contributed by atoms with Gasteiger partial charge in [-0.05, 0) is 35.9 Å². The molecule has 1 amide bonds. The lowest BCUT2D eigenvalue weighted by molar-refractivity contribution is -0.384. The maximum absolute atomic E-state index is 11.8. The van der Waals surface area contributed by atoms with Gasteiger partial charge >= 0.3 is 6.01 Å². The van der Waals surface area contributed by atoms with Gasteiger partial charge in [0.1, 0.15) is 0 Å². The molecule has 0 aliphatic rings. The van der Waals surface area contributed by atoms with Gasteiger partial charge in [-0.3, -0.25) is 25.3 Å². The molecule has 0 radical (unpaired) electrons. The van der Waals surface area contributed by atoms with E-state index in [-0.39, 0.29) is 11.7 Å². The van der Waals surface area contributed by atoms with E-state index in [1.807, 2.05) is 0 Å². The number of hydrazine groups is 1. The number of nitrogens with one attached hydrogen (secondary N) is 2. The molecule has 0 spiro atoms. The van der Waals surface area contributed by atoms with Crippen molar-refractivity contribution < 1.29 is 14.2 Å². The number of nitro benzene ring substituents is 1. The number of non-ortho nitro benzene ring substituents is 1. The topological polar surface area (TPSA) is 136 Å². The molecule has 0 saturated heterocycles. The third kappa shape index (κ3) is 4.26. The molecule has 2 aromatic heterocycles. The maximum Gasteiger partial charge on any atom is 0.340 e. The summed E-state index contributed by atoms with van der Waals surface area (Å²) in [5.41, 5.74) is 6.22. The first-order chi connectivity index (χ1) is 12.6. The maximum atomic E-state index is 11.8. The summed E-state index contributed by atoms with van der Waals surface area (Å²) < 4.78 is 4.97. The van der Waals surface area contributed by atoms with Crippen LogP contribution in [0.25, 0.3) is 17.5 Å². The standard InChI is InChI=1S/C16H12N6O4/c23-14(6-3-11-1-4-13(5-2-11)22(24)25)19-20-16-18-15(21-26-16)12-7-9-17-10-8-12/h1-10H,(H,19,23)(H,18,20,21)/b6-3+. The molecule has 130 valence electrons. The van der Waals surface area contributed by atoms with Gasteiger partial charge in [0.15, 0.2) is 0 Å². The molecule has 0 unspecified atom stereocenters. The van der Waals surface area contributed by atoms with Crippen molar-refractivity contribution in [2.24, 2.45) is 0 Å². The first kappa shape index (κ1) is 16.8. The summed E-state index contributed by atoms with van der Waals surface area (Å²) in [6.07, 6.45) is 5.97. The van der Waals surface area contributed by atoms with Gasteiger partial charge in [0, 0.05) is 36.2 Å². The van der Waals surface area contributed by atoms with E-state index in [9.17, 15) is 14.9 Å². The van der Waals surface area contributed by atoms with Crippen LogP contribution in [0.3, 0.4) is 0 Å². The van der Waals surface area contributed by atoms with Gasteiger partial charge in [-0.15, -0.1) is 0 Å². The van der Waals surface area contributed by atoms with Crippen molar-refractivity contribution in [3.8, 4) is 11.4 Å². The molecule has 0 bridgehead atoms. The van der Waals surface area contributed by atoms with Crippen LogP contribution in [0.4, 0.5) is 11.7 Å². The molecule has 10 heteroatoms. The zero-order chi connectivity index (χ0) is 18.4. The van der Waals surface area contributed by atoms with E-state index in [0.717, 1.165) is 5.56 Å². The predicted molar refractivity (Wildman–Crippen MR) is 91.4 cm³/mol. The highest BCUT2D eigenvalue weighted by Gasteiger charge is 2.08. The summed E-state index contributed by atoms with van der Waals surface area (Å²) in [4.78, 5) is 29.8. The summed E-state index contributed by atoms with van der Waals surface area (Å²) in [5.74, 6) is -0.113. The number of carbonyl (C=O) groups excluding carboxylic acids is 1. The van der Waals surface area contributed by atoms with Crippen LogP contribution in [0.5, 0.6) is 0 Å².